The van der Waals surface area contributed by atoms with Crippen LogP contribution in [-0.2, 0) is 10.0 Å². The molecule has 0 aliphatic rings. The van der Waals surface area contributed by atoms with Crippen LogP contribution in [0.3, 0.4) is 0 Å². The first-order valence-corrected chi connectivity index (χ1v) is 8.43. The molecule has 1 aromatic heterocycles. The maximum Gasteiger partial charge on any atom is 0.433 e. The van der Waals surface area contributed by atoms with Gasteiger partial charge in [0.05, 0.1) is 11.0 Å². The van der Waals surface area contributed by atoms with Crippen molar-refractivity contribution in [2.24, 2.45) is 0 Å². The minimum absolute atomic E-state index is 0.00276. The molecule has 0 aliphatic carbocycles. The van der Waals surface area contributed by atoms with E-state index in [2.05, 4.69) is 10.0 Å². The van der Waals surface area contributed by atoms with Crippen LogP contribution >= 0.6 is 11.6 Å². The van der Waals surface area contributed by atoms with Crippen molar-refractivity contribution in [2.75, 3.05) is 13.1 Å². The monoisotopic (exact) mass is 373 g/mol. The molecule has 0 aliphatic heterocycles. The zero-order chi connectivity index (χ0) is 17.7. The minimum atomic E-state index is -3.75. The highest BCUT2D eigenvalue weighted by Gasteiger charge is 2.17. The van der Waals surface area contributed by atoms with Crippen molar-refractivity contribution in [2.45, 2.75) is 4.90 Å². The molecule has 0 atom stereocenters. The van der Waals surface area contributed by atoms with Crippen LogP contribution in [0, 0.1) is 10.1 Å². The van der Waals surface area contributed by atoms with Gasteiger partial charge in [0, 0.05) is 18.1 Å². The number of nitrogens with zero attached hydrogens (tertiary/aromatic N) is 1. The van der Waals surface area contributed by atoms with Crippen LogP contribution in [0.1, 0.15) is 10.6 Å². The third-order valence-corrected chi connectivity index (χ3v) is 4.50. The summed E-state index contributed by atoms with van der Waals surface area (Å²) in [4.78, 5) is 21.4. The topological polar surface area (TPSA) is 132 Å². The first-order valence-electron chi connectivity index (χ1n) is 6.57. The highest BCUT2D eigenvalue weighted by Crippen LogP contribution is 2.16. The quantitative estimate of drug-likeness (QED) is 0.430. The number of nitrogens with one attached hydrogen (secondary N) is 2. The van der Waals surface area contributed by atoms with Gasteiger partial charge in [-0.15, -0.1) is 0 Å². The number of amides is 1. The van der Waals surface area contributed by atoms with Crippen molar-refractivity contribution in [3.05, 3.63) is 57.3 Å². The first-order chi connectivity index (χ1) is 11.3. The second-order valence-corrected chi connectivity index (χ2v) is 6.71. The predicted octanol–water partition coefficient (Wildman–Crippen LogP) is 1.55. The van der Waals surface area contributed by atoms with Crippen LogP contribution in [-0.4, -0.2) is 32.3 Å². The highest BCUT2D eigenvalue weighted by molar-refractivity contribution is 7.89. The van der Waals surface area contributed by atoms with Crippen molar-refractivity contribution in [3.63, 3.8) is 0 Å². The van der Waals surface area contributed by atoms with E-state index in [1.807, 2.05) is 0 Å². The van der Waals surface area contributed by atoms with Crippen LogP contribution in [0.2, 0.25) is 5.02 Å². The molecule has 1 heterocycles. The van der Waals surface area contributed by atoms with Crippen molar-refractivity contribution in [1.82, 2.24) is 10.0 Å². The number of carbonyl (C=O) groups excluding carboxylic acids is 1. The van der Waals surface area contributed by atoms with E-state index in [4.69, 9.17) is 16.0 Å². The zero-order valence-electron chi connectivity index (χ0n) is 12.1. The number of halogens is 1. The lowest BCUT2D eigenvalue weighted by Gasteiger charge is -2.07. The Morgan fingerprint density at radius 1 is 1.25 bits per heavy atom. The van der Waals surface area contributed by atoms with Gasteiger partial charge >= 0.3 is 5.88 Å². The lowest BCUT2D eigenvalue weighted by atomic mass is 10.4. The Balaban J connectivity index is 1.85. The van der Waals surface area contributed by atoms with Gasteiger partial charge in [0.15, 0.2) is 5.76 Å². The molecule has 11 heteroatoms. The smallest absolute Gasteiger partial charge is 0.395 e. The molecular weight excluding hydrogens is 362 g/mol. The van der Waals surface area contributed by atoms with Gasteiger partial charge in [-0.1, -0.05) is 17.7 Å². The summed E-state index contributed by atoms with van der Waals surface area (Å²) >= 11 is 5.74. The number of nitro groups is 1. The van der Waals surface area contributed by atoms with Gasteiger partial charge in [0.1, 0.15) is 4.92 Å². The van der Waals surface area contributed by atoms with E-state index in [1.165, 1.54) is 18.2 Å². The Bertz CT molecular complexity index is 864. The lowest BCUT2D eigenvalue weighted by molar-refractivity contribution is -0.402. The Labute approximate surface area is 141 Å². The molecule has 0 bridgehead atoms. The number of rotatable bonds is 7. The molecule has 0 spiro atoms. The average Bonchev–Trinajstić information content (AvgIpc) is 3.02. The molecule has 24 heavy (non-hydrogen) atoms. The Kier molecular flexibility index (Phi) is 5.54. The fourth-order valence-corrected chi connectivity index (χ4v) is 3.05. The summed E-state index contributed by atoms with van der Waals surface area (Å²) < 4.78 is 31.0. The Morgan fingerprint density at radius 2 is 2.00 bits per heavy atom. The molecule has 1 amide bonds. The molecule has 128 valence electrons. The highest BCUT2D eigenvalue weighted by atomic mass is 35.5. The average molecular weight is 374 g/mol. The second kappa shape index (κ2) is 7.43. The summed E-state index contributed by atoms with van der Waals surface area (Å²) in [6.45, 7) is -0.115. The molecule has 0 unspecified atom stereocenters. The lowest BCUT2D eigenvalue weighted by Crippen LogP contribution is -2.34. The minimum Gasteiger partial charge on any atom is -0.395 e. The summed E-state index contributed by atoms with van der Waals surface area (Å²) in [6, 6.07) is 7.94. The fourth-order valence-electron chi connectivity index (χ4n) is 1.71. The molecule has 0 fully saturated rings. The van der Waals surface area contributed by atoms with Gasteiger partial charge < -0.3 is 9.73 Å². The summed E-state index contributed by atoms with van der Waals surface area (Å²) in [7, 11) is -3.75. The molecule has 2 aromatic rings. The Morgan fingerprint density at radius 3 is 2.62 bits per heavy atom. The van der Waals surface area contributed by atoms with E-state index < -0.39 is 26.7 Å². The zero-order valence-corrected chi connectivity index (χ0v) is 13.6. The van der Waals surface area contributed by atoms with E-state index in [-0.39, 0.29) is 28.8 Å². The van der Waals surface area contributed by atoms with E-state index in [0.717, 1.165) is 12.1 Å². The van der Waals surface area contributed by atoms with Gasteiger partial charge in [0.25, 0.3) is 5.91 Å². The fraction of sp³-hybridized carbons (Fsp3) is 0.154. The van der Waals surface area contributed by atoms with Gasteiger partial charge in [-0.2, -0.15) is 0 Å². The van der Waals surface area contributed by atoms with Crippen molar-refractivity contribution < 1.29 is 22.6 Å². The first kappa shape index (κ1) is 17.9. The van der Waals surface area contributed by atoms with Crippen molar-refractivity contribution in [1.29, 1.82) is 0 Å². The van der Waals surface area contributed by atoms with Crippen LogP contribution in [0.25, 0.3) is 0 Å². The maximum atomic E-state index is 12.0. The molecular formula is C13H12ClN3O6S. The number of hydrogen-bond acceptors (Lipinski definition) is 6. The van der Waals surface area contributed by atoms with Gasteiger partial charge in [-0.25, -0.2) is 13.1 Å². The van der Waals surface area contributed by atoms with Crippen LogP contribution in [0.5, 0.6) is 0 Å². The molecule has 0 saturated carbocycles. The van der Waals surface area contributed by atoms with Crippen molar-refractivity contribution >= 4 is 33.4 Å². The van der Waals surface area contributed by atoms with Gasteiger partial charge in [-0.3, -0.25) is 14.9 Å². The van der Waals surface area contributed by atoms with Crippen LogP contribution < -0.4 is 10.0 Å². The second-order valence-electron chi connectivity index (χ2n) is 4.51. The summed E-state index contributed by atoms with van der Waals surface area (Å²) in [6.07, 6.45) is 0. The SMILES string of the molecule is O=C(NCCNS(=O)(=O)c1cccc(Cl)c1)c1ccc([N+](=O)[O-])o1. The number of carbonyl (C=O) groups is 1. The molecule has 1 aromatic carbocycles. The maximum absolute atomic E-state index is 12.0. The summed E-state index contributed by atoms with van der Waals surface area (Å²) in [5.74, 6) is -1.48. The number of hydrogen-bond donors (Lipinski definition) is 2. The number of benzene rings is 1. The molecule has 0 saturated heterocycles. The summed E-state index contributed by atoms with van der Waals surface area (Å²) in [5.41, 5.74) is 0. The molecule has 2 rings (SSSR count). The summed E-state index contributed by atoms with van der Waals surface area (Å²) in [5, 5.41) is 13.1. The standard InChI is InChI=1S/C13H12ClN3O6S/c14-9-2-1-3-10(8-9)24(21,22)16-7-6-15-13(18)11-4-5-12(23-11)17(19)20/h1-5,8,16H,6-7H2,(H,15,18). The van der Waals surface area contributed by atoms with Crippen LogP contribution in [0.4, 0.5) is 5.88 Å². The van der Waals surface area contributed by atoms with Crippen LogP contribution in [0.15, 0.2) is 45.7 Å². The normalized spacial score (nSPS) is 11.2. The van der Waals surface area contributed by atoms with Crippen molar-refractivity contribution in [3.8, 4) is 0 Å². The van der Waals surface area contributed by atoms with E-state index in [1.54, 1.807) is 6.07 Å². The van der Waals surface area contributed by atoms with E-state index in [0.29, 0.717) is 0 Å². The number of furan rings is 1. The Hall–Kier alpha value is -2.43. The molecule has 2 N–H and O–H groups in total. The predicted molar refractivity (Wildman–Crippen MR) is 84.3 cm³/mol. The molecule has 9 nitrogen and oxygen atoms in total. The third-order valence-electron chi connectivity index (χ3n) is 2.80. The van der Waals surface area contributed by atoms with E-state index in [9.17, 15) is 23.3 Å². The third kappa shape index (κ3) is 4.54. The number of sulfonamides is 1. The van der Waals surface area contributed by atoms with E-state index >= 15 is 0 Å². The molecule has 0 radical (unpaired) electrons. The van der Waals surface area contributed by atoms with Gasteiger partial charge in [0.2, 0.25) is 10.0 Å². The largest absolute Gasteiger partial charge is 0.433 e. The van der Waals surface area contributed by atoms with Gasteiger partial charge in [-0.05, 0) is 24.3 Å².